The van der Waals surface area contributed by atoms with Crippen LogP contribution in [0.1, 0.15) is 15.9 Å². The highest BCUT2D eigenvalue weighted by Crippen LogP contribution is 2.12. The number of benzene rings is 2. The molecule has 0 radical (unpaired) electrons. The Morgan fingerprint density at radius 1 is 1.00 bits per heavy atom. The molecule has 0 unspecified atom stereocenters. The van der Waals surface area contributed by atoms with Crippen LogP contribution in [-0.2, 0) is 0 Å². The molecule has 0 bridgehead atoms. The van der Waals surface area contributed by atoms with Crippen molar-refractivity contribution in [1.82, 2.24) is 0 Å². The molecule has 0 saturated carbocycles. The Hall–Kier alpha value is -2.62. The quantitative estimate of drug-likeness (QED) is 0.824. The van der Waals surface area contributed by atoms with Crippen LogP contribution in [0.2, 0.25) is 0 Å². The predicted molar refractivity (Wildman–Crippen MR) is 75.6 cm³/mol. The minimum absolute atomic E-state index is 0.339. The van der Waals surface area contributed by atoms with Gasteiger partial charge in [-0.3, -0.25) is 4.79 Å². The van der Waals surface area contributed by atoms with Gasteiger partial charge in [0.2, 0.25) is 0 Å². The lowest BCUT2D eigenvalue weighted by molar-refractivity contribution is 0.112. The molecule has 0 atom stereocenters. The van der Waals surface area contributed by atoms with E-state index in [9.17, 15) is 9.59 Å². The molecule has 4 heteroatoms. The van der Waals surface area contributed by atoms with Crippen molar-refractivity contribution in [2.45, 2.75) is 6.92 Å². The normalized spacial score (nSPS) is 9.74. The van der Waals surface area contributed by atoms with E-state index >= 15 is 0 Å². The van der Waals surface area contributed by atoms with Crippen LogP contribution in [0, 0.1) is 6.92 Å². The molecule has 2 N–H and O–H groups in total. The van der Waals surface area contributed by atoms with Crippen molar-refractivity contribution in [3.05, 3.63) is 59.7 Å². The van der Waals surface area contributed by atoms with Crippen molar-refractivity contribution in [2.75, 3.05) is 10.6 Å². The van der Waals surface area contributed by atoms with Gasteiger partial charge in [0, 0.05) is 16.9 Å². The van der Waals surface area contributed by atoms with Gasteiger partial charge in [0.25, 0.3) is 0 Å². The number of carbonyl (C=O) groups excluding carboxylic acids is 2. The van der Waals surface area contributed by atoms with Gasteiger partial charge in [-0.2, -0.15) is 0 Å². The third-order valence-electron chi connectivity index (χ3n) is 2.56. The van der Waals surface area contributed by atoms with Gasteiger partial charge in [0.1, 0.15) is 6.29 Å². The van der Waals surface area contributed by atoms with Crippen LogP contribution in [0.4, 0.5) is 16.2 Å². The van der Waals surface area contributed by atoms with E-state index in [1.54, 1.807) is 24.3 Å². The second kappa shape index (κ2) is 5.82. The Balaban J connectivity index is 2.03. The van der Waals surface area contributed by atoms with Gasteiger partial charge in [0.15, 0.2) is 0 Å². The summed E-state index contributed by atoms with van der Waals surface area (Å²) in [6.07, 6.45) is 0.740. The molecule has 2 aromatic carbocycles. The van der Waals surface area contributed by atoms with E-state index in [1.807, 2.05) is 31.2 Å². The fourth-order valence-electron chi connectivity index (χ4n) is 1.71. The monoisotopic (exact) mass is 254 g/mol. The molecule has 0 fully saturated rings. The summed E-state index contributed by atoms with van der Waals surface area (Å²) in [4.78, 5) is 22.4. The van der Waals surface area contributed by atoms with Crippen LogP contribution >= 0.6 is 0 Å². The first-order valence-electron chi connectivity index (χ1n) is 5.87. The number of rotatable bonds is 3. The van der Waals surface area contributed by atoms with Crippen molar-refractivity contribution in [1.29, 1.82) is 0 Å². The highest BCUT2D eigenvalue weighted by molar-refractivity contribution is 6.00. The summed E-state index contributed by atoms with van der Waals surface area (Å²) in [6.45, 7) is 1.96. The maximum atomic E-state index is 11.8. The lowest BCUT2D eigenvalue weighted by Gasteiger charge is -2.08. The largest absolute Gasteiger partial charge is 0.323 e. The molecular weight excluding hydrogens is 240 g/mol. The van der Waals surface area contributed by atoms with Gasteiger partial charge in [-0.15, -0.1) is 0 Å². The maximum absolute atomic E-state index is 11.8. The number of amides is 2. The molecule has 4 nitrogen and oxygen atoms in total. The molecule has 0 saturated heterocycles. The van der Waals surface area contributed by atoms with E-state index in [1.165, 1.54) is 0 Å². The number of aryl methyl sites for hydroxylation is 1. The smallest absolute Gasteiger partial charge is 0.308 e. The molecule has 0 aliphatic heterocycles. The number of nitrogens with one attached hydrogen (secondary N) is 2. The number of urea groups is 1. The van der Waals surface area contributed by atoms with Crippen LogP contribution < -0.4 is 10.6 Å². The van der Waals surface area contributed by atoms with E-state index in [2.05, 4.69) is 10.6 Å². The molecule has 0 aliphatic carbocycles. The highest BCUT2D eigenvalue weighted by Gasteiger charge is 2.03. The summed E-state index contributed by atoms with van der Waals surface area (Å²) >= 11 is 0. The van der Waals surface area contributed by atoms with Crippen LogP contribution in [0.15, 0.2) is 48.5 Å². The van der Waals surface area contributed by atoms with E-state index in [0.29, 0.717) is 11.3 Å². The number of hydrogen-bond donors (Lipinski definition) is 2. The fourth-order valence-corrected chi connectivity index (χ4v) is 1.71. The van der Waals surface area contributed by atoms with E-state index in [-0.39, 0.29) is 6.03 Å². The summed E-state index contributed by atoms with van der Waals surface area (Å²) in [5.74, 6) is 0. The molecule has 0 spiro atoms. The van der Waals surface area contributed by atoms with Crippen molar-refractivity contribution in [3.8, 4) is 0 Å². The van der Waals surface area contributed by atoms with Gasteiger partial charge in [-0.1, -0.05) is 24.3 Å². The summed E-state index contributed by atoms with van der Waals surface area (Å²) in [5, 5.41) is 5.41. The average molecular weight is 254 g/mol. The lowest BCUT2D eigenvalue weighted by atomic mass is 10.2. The Morgan fingerprint density at radius 2 is 1.63 bits per heavy atom. The average Bonchev–Trinajstić information content (AvgIpc) is 2.38. The first-order chi connectivity index (χ1) is 9.17. The van der Waals surface area contributed by atoms with Gasteiger partial charge < -0.3 is 10.6 Å². The standard InChI is InChI=1S/C15H14N2O2/c1-11-4-2-6-13(8-11)16-15(19)17-14-7-3-5-12(9-14)10-18/h2-10H,1H3,(H2,16,17,19). The Kier molecular flexibility index (Phi) is 3.93. The topological polar surface area (TPSA) is 58.2 Å². The number of aldehydes is 1. The number of anilines is 2. The van der Waals surface area contributed by atoms with Gasteiger partial charge >= 0.3 is 6.03 Å². The van der Waals surface area contributed by atoms with Gasteiger partial charge in [-0.05, 0) is 36.8 Å². The van der Waals surface area contributed by atoms with Gasteiger partial charge in [-0.25, -0.2) is 4.79 Å². The van der Waals surface area contributed by atoms with Crippen LogP contribution in [0.3, 0.4) is 0 Å². The molecule has 0 aromatic heterocycles. The maximum Gasteiger partial charge on any atom is 0.323 e. The molecule has 19 heavy (non-hydrogen) atoms. The van der Waals surface area contributed by atoms with Crippen molar-refractivity contribution < 1.29 is 9.59 Å². The molecule has 96 valence electrons. The summed E-state index contributed by atoms with van der Waals surface area (Å²) < 4.78 is 0. The molecule has 0 heterocycles. The predicted octanol–water partition coefficient (Wildman–Crippen LogP) is 3.45. The van der Waals surface area contributed by atoms with E-state index < -0.39 is 0 Å². The van der Waals surface area contributed by atoms with Crippen molar-refractivity contribution >= 4 is 23.7 Å². The second-order valence-corrected chi connectivity index (χ2v) is 4.19. The van der Waals surface area contributed by atoms with Crippen LogP contribution in [0.5, 0.6) is 0 Å². The number of carbonyl (C=O) groups is 2. The fraction of sp³-hybridized carbons (Fsp3) is 0.0667. The minimum atomic E-state index is -0.339. The van der Waals surface area contributed by atoms with Crippen molar-refractivity contribution in [3.63, 3.8) is 0 Å². The Bertz CT molecular complexity index is 609. The highest BCUT2D eigenvalue weighted by atomic mass is 16.2. The van der Waals surface area contributed by atoms with Gasteiger partial charge in [0.05, 0.1) is 0 Å². The first kappa shape index (κ1) is 12.8. The lowest BCUT2D eigenvalue weighted by Crippen LogP contribution is -2.19. The SMILES string of the molecule is Cc1cccc(NC(=O)Nc2cccc(C=O)c2)c1. The zero-order valence-corrected chi connectivity index (χ0v) is 10.5. The summed E-state index contributed by atoms with van der Waals surface area (Å²) in [7, 11) is 0. The van der Waals surface area contributed by atoms with E-state index in [0.717, 1.165) is 17.5 Å². The van der Waals surface area contributed by atoms with E-state index in [4.69, 9.17) is 0 Å². The Morgan fingerprint density at radius 3 is 2.26 bits per heavy atom. The Labute approximate surface area is 111 Å². The zero-order chi connectivity index (χ0) is 13.7. The second-order valence-electron chi connectivity index (χ2n) is 4.19. The summed E-state index contributed by atoms with van der Waals surface area (Å²) in [6, 6.07) is 13.9. The third-order valence-corrected chi connectivity index (χ3v) is 2.56. The third kappa shape index (κ3) is 3.67. The number of hydrogen-bond acceptors (Lipinski definition) is 2. The van der Waals surface area contributed by atoms with Crippen LogP contribution in [0.25, 0.3) is 0 Å². The van der Waals surface area contributed by atoms with Crippen LogP contribution in [-0.4, -0.2) is 12.3 Å². The molecule has 0 aliphatic rings. The minimum Gasteiger partial charge on any atom is -0.308 e. The molecule has 2 amide bonds. The molecule has 2 rings (SSSR count). The first-order valence-corrected chi connectivity index (χ1v) is 5.87. The summed E-state index contributed by atoms with van der Waals surface area (Å²) in [5.41, 5.74) is 2.90. The molecule has 2 aromatic rings. The molecular formula is C15H14N2O2. The van der Waals surface area contributed by atoms with Crippen molar-refractivity contribution in [2.24, 2.45) is 0 Å². The zero-order valence-electron chi connectivity index (χ0n) is 10.5.